The normalized spacial score (nSPS) is 15.0. The highest BCUT2D eigenvalue weighted by Crippen LogP contribution is 2.28. The molecule has 1 saturated heterocycles. The van der Waals surface area contributed by atoms with Crippen LogP contribution in [0.1, 0.15) is 38.4 Å². The maximum absolute atomic E-state index is 13.9. The van der Waals surface area contributed by atoms with E-state index in [9.17, 15) is 33.9 Å². The molecule has 0 unspecified atom stereocenters. The van der Waals surface area contributed by atoms with Crippen molar-refractivity contribution in [3.8, 4) is 10.4 Å². The van der Waals surface area contributed by atoms with Gasteiger partial charge in [0.15, 0.2) is 0 Å². The number of nitrogens with zero attached hydrogens (tertiary/aromatic N) is 2. The lowest BCUT2D eigenvalue weighted by atomic mass is 9.85. The van der Waals surface area contributed by atoms with E-state index in [1.54, 1.807) is 47.2 Å². The number of aliphatic hydroxyl groups excluding tert-OH is 1. The fraction of sp³-hybridized carbons (Fsp3) is 0.392. The summed E-state index contributed by atoms with van der Waals surface area (Å²) in [5.74, 6) is -2.34. The number of likely N-dealkylation sites (tertiary alicyclic amines) is 1. The number of aromatic amines is 1. The number of hydrogen-bond acceptors (Lipinski definition) is 13. The van der Waals surface area contributed by atoms with Crippen LogP contribution in [0.15, 0.2) is 96.7 Å². The van der Waals surface area contributed by atoms with E-state index < -0.39 is 53.3 Å². The molecule has 384 valence electrons. The number of aryl methyl sites for hydroxylation is 1. The van der Waals surface area contributed by atoms with Crippen LogP contribution >= 0.6 is 11.3 Å². The standard InChI is InChI=1S/C51H63N9O11S/c1-33-46(72-32-55-33)36-7-5-34(6-8-36)29-54-48(65)42-28-40(61)30-60(42)49(66)47(51(2,3)4)59-45(64)31-71-26-25-70-24-23-69-22-21-68-20-19-53-43(62)15-16-44(63)56-37-11-13-38(14-12-37)57-50(67)58-39-10-9-35-17-18-52-41(35)27-39/h5-18,27,32,40,42,47,52,61H,19-26,28-31H2,1-4H3,(H,53,62)(H,54,65)(H,56,63)(H,59,64)(H2,57,58,67)/b16-15+/t40-,42+,47-/m1/s1. The number of fused-ring (bicyclic) bond motifs is 1. The van der Waals surface area contributed by atoms with Crippen molar-refractivity contribution >= 4 is 74.9 Å². The molecule has 6 rings (SSSR count). The fourth-order valence-electron chi connectivity index (χ4n) is 7.50. The molecule has 0 radical (unpaired) electrons. The molecule has 0 aliphatic carbocycles. The molecule has 3 heterocycles. The van der Waals surface area contributed by atoms with E-state index in [0.29, 0.717) is 30.3 Å². The molecule has 8 N–H and O–H groups in total. The number of hydrogen-bond donors (Lipinski definition) is 8. The molecule has 0 spiro atoms. The van der Waals surface area contributed by atoms with Crippen molar-refractivity contribution in [2.24, 2.45) is 5.41 Å². The average Bonchev–Trinajstić information content (AvgIpc) is 4.11. The Morgan fingerprint density at radius 1 is 0.792 bits per heavy atom. The zero-order valence-corrected chi connectivity index (χ0v) is 41.6. The van der Waals surface area contributed by atoms with Crippen molar-refractivity contribution in [1.29, 1.82) is 0 Å². The van der Waals surface area contributed by atoms with Gasteiger partial charge in [-0.15, -0.1) is 11.3 Å². The van der Waals surface area contributed by atoms with E-state index in [1.165, 1.54) is 4.90 Å². The van der Waals surface area contributed by atoms with Crippen molar-refractivity contribution in [1.82, 2.24) is 30.8 Å². The number of carbonyl (C=O) groups excluding carboxylic acids is 6. The molecule has 0 saturated carbocycles. The molecule has 21 heteroatoms. The monoisotopic (exact) mass is 1010 g/mol. The Morgan fingerprint density at radius 3 is 2.08 bits per heavy atom. The average molecular weight is 1010 g/mol. The van der Waals surface area contributed by atoms with E-state index in [0.717, 1.165) is 44.8 Å². The van der Waals surface area contributed by atoms with Gasteiger partial charge in [-0.3, -0.25) is 24.0 Å². The number of carbonyl (C=O) groups is 6. The third kappa shape index (κ3) is 17.1. The lowest BCUT2D eigenvalue weighted by Gasteiger charge is -2.35. The van der Waals surface area contributed by atoms with E-state index >= 15 is 0 Å². The summed E-state index contributed by atoms with van der Waals surface area (Å²) in [7, 11) is 0. The predicted molar refractivity (Wildman–Crippen MR) is 273 cm³/mol. The Morgan fingerprint density at radius 2 is 1.42 bits per heavy atom. The summed E-state index contributed by atoms with van der Waals surface area (Å²) < 4.78 is 22.0. The molecule has 1 fully saturated rings. The van der Waals surface area contributed by atoms with Crippen LogP contribution in [0.5, 0.6) is 0 Å². The zero-order chi connectivity index (χ0) is 51.5. The topological polar surface area (TPSA) is 264 Å². The molecular weight excluding hydrogens is 947 g/mol. The first-order valence-corrected chi connectivity index (χ1v) is 24.4. The van der Waals surface area contributed by atoms with Crippen molar-refractivity contribution in [3.05, 3.63) is 108 Å². The van der Waals surface area contributed by atoms with Crippen molar-refractivity contribution < 1.29 is 52.8 Å². The molecule has 3 aromatic carbocycles. The highest BCUT2D eigenvalue weighted by molar-refractivity contribution is 7.13. The highest BCUT2D eigenvalue weighted by atomic mass is 32.1. The molecule has 72 heavy (non-hydrogen) atoms. The van der Waals surface area contributed by atoms with E-state index in [4.69, 9.17) is 18.9 Å². The van der Waals surface area contributed by atoms with Gasteiger partial charge in [0.05, 0.1) is 68.4 Å². The first-order chi connectivity index (χ1) is 34.6. The number of aliphatic hydroxyl groups is 1. The highest BCUT2D eigenvalue weighted by Gasteiger charge is 2.44. The minimum absolute atomic E-state index is 0.0340. The summed E-state index contributed by atoms with van der Waals surface area (Å²) in [6.45, 7) is 9.18. The largest absolute Gasteiger partial charge is 0.391 e. The van der Waals surface area contributed by atoms with E-state index in [1.807, 2.05) is 76.4 Å². The Kier molecular flexibility index (Phi) is 20.4. The van der Waals surface area contributed by atoms with Gasteiger partial charge in [-0.25, -0.2) is 9.78 Å². The van der Waals surface area contributed by atoms with Crippen LogP contribution in [-0.4, -0.2) is 140 Å². The molecule has 20 nitrogen and oxygen atoms in total. The minimum atomic E-state index is -0.987. The van der Waals surface area contributed by atoms with Gasteiger partial charge in [-0.1, -0.05) is 51.1 Å². The van der Waals surface area contributed by atoms with Crippen LogP contribution in [-0.2, 0) is 49.5 Å². The quantitative estimate of drug-likeness (QED) is 0.0292. The van der Waals surface area contributed by atoms with Gasteiger partial charge in [0.1, 0.15) is 18.7 Å². The molecule has 0 bridgehead atoms. The zero-order valence-electron chi connectivity index (χ0n) is 40.8. The molecule has 2 aromatic heterocycles. The number of aromatic nitrogens is 2. The SMILES string of the molecule is Cc1ncsc1-c1ccc(CNC(=O)[C@@H]2C[C@@H](O)CN2C(=O)[C@@H](NC(=O)COCCOCCOCCOCCNC(=O)/C=C/C(=O)Nc2ccc(NC(=O)Nc3ccc4cc[nH]c4c3)cc2)C(C)(C)C)cc1. The lowest BCUT2D eigenvalue weighted by Crippen LogP contribution is -2.58. The summed E-state index contributed by atoms with van der Waals surface area (Å²) in [4.78, 5) is 87.0. The summed E-state index contributed by atoms with van der Waals surface area (Å²) in [5, 5.41) is 28.0. The summed E-state index contributed by atoms with van der Waals surface area (Å²) in [6, 6.07) is 19.5. The second-order valence-corrected chi connectivity index (χ2v) is 18.7. The lowest BCUT2D eigenvalue weighted by molar-refractivity contribution is -0.144. The Hall–Kier alpha value is -7.01. The number of rotatable bonds is 25. The maximum atomic E-state index is 13.9. The van der Waals surface area contributed by atoms with Crippen LogP contribution in [0.4, 0.5) is 21.9 Å². The molecular formula is C51H63N9O11S. The van der Waals surface area contributed by atoms with Crippen LogP contribution < -0.4 is 31.9 Å². The number of thiazole rings is 1. The Balaban J connectivity index is 0.760. The van der Waals surface area contributed by atoms with Gasteiger partial charge in [-0.2, -0.15) is 0 Å². The number of anilines is 3. The van der Waals surface area contributed by atoms with Gasteiger partial charge in [0, 0.05) is 67.0 Å². The molecule has 5 aromatic rings. The van der Waals surface area contributed by atoms with Gasteiger partial charge in [0.25, 0.3) is 0 Å². The molecule has 1 aliphatic rings. The van der Waals surface area contributed by atoms with Gasteiger partial charge in [0.2, 0.25) is 29.5 Å². The Bertz CT molecular complexity index is 2630. The number of H-pyrrole nitrogens is 1. The number of amides is 7. The van der Waals surface area contributed by atoms with Crippen LogP contribution in [0.2, 0.25) is 0 Å². The van der Waals surface area contributed by atoms with Gasteiger partial charge in [-0.05, 0) is 71.3 Å². The van der Waals surface area contributed by atoms with E-state index in [2.05, 4.69) is 41.9 Å². The number of nitrogens with one attached hydrogen (secondary N) is 7. The summed E-state index contributed by atoms with van der Waals surface area (Å²) in [6.07, 6.45) is 3.24. The van der Waals surface area contributed by atoms with Crippen molar-refractivity contribution in [3.63, 3.8) is 0 Å². The first kappa shape index (κ1) is 54.3. The third-order valence-corrected chi connectivity index (χ3v) is 12.2. The van der Waals surface area contributed by atoms with Crippen LogP contribution in [0.3, 0.4) is 0 Å². The van der Waals surface area contributed by atoms with Crippen molar-refractivity contribution in [2.45, 2.75) is 58.8 Å². The summed E-state index contributed by atoms with van der Waals surface area (Å²) >= 11 is 1.56. The molecule has 7 amide bonds. The Labute approximate surface area is 421 Å². The van der Waals surface area contributed by atoms with Crippen molar-refractivity contribution in [2.75, 3.05) is 81.9 Å². The smallest absolute Gasteiger partial charge is 0.323 e. The second-order valence-electron chi connectivity index (χ2n) is 17.9. The van der Waals surface area contributed by atoms with Crippen LogP contribution in [0.25, 0.3) is 21.3 Å². The van der Waals surface area contributed by atoms with Gasteiger partial charge < -0.3 is 65.8 Å². The number of benzene rings is 3. The fourth-order valence-corrected chi connectivity index (χ4v) is 8.32. The minimum Gasteiger partial charge on any atom is -0.391 e. The number of β-amino-alcohol motifs (C(OH)–C–C–N with tert-alkyl or cyclic N) is 1. The number of ether oxygens (including phenoxy) is 4. The molecule has 3 atom stereocenters. The summed E-state index contributed by atoms with van der Waals surface area (Å²) in [5.41, 5.74) is 6.48. The third-order valence-electron chi connectivity index (χ3n) is 11.2. The maximum Gasteiger partial charge on any atom is 0.323 e. The molecule has 1 aliphatic heterocycles. The van der Waals surface area contributed by atoms with Crippen LogP contribution in [0, 0.1) is 12.3 Å². The predicted octanol–water partition coefficient (Wildman–Crippen LogP) is 4.73. The van der Waals surface area contributed by atoms with E-state index in [-0.39, 0.29) is 71.6 Å². The second kappa shape index (κ2) is 27.0. The van der Waals surface area contributed by atoms with Gasteiger partial charge >= 0.3 is 6.03 Å². The number of urea groups is 1. The first-order valence-electron chi connectivity index (χ1n) is 23.5.